The molecule has 6 heteroatoms. The fourth-order valence-electron chi connectivity index (χ4n) is 3.29. The third-order valence-electron chi connectivity index (χ3n) is 4.33. The van der Waals surface area contributed by atoms with Gasteiger partial charge in [-0.1, -0.05) is 30.3 Å². The zero-order valence-electron chi connectivity index (χ0n) is 14.4. The Morgan fingerprint density at radius 3 is 2.67 bits per heavy atom. The van der Waals surface area contributed by atoms with Crippen LogP contribution in [0, 0.1) is 0 Å². The normalized spacial score (nSPS) is 25.7. The van der Waals surface area contributed by atoms with Crippen LogP contribution in [0.1, 0.15) is 32.8 Å². The Bertz CT molecular complexity index is 626. The molecule has 2 amide bonds. The molecule has 0 saturated carbocycles. The highest BCUT2D eigenvalue weighted by Gasteiger charge is 2.60. The van der Waals surface area contributed by atoms with Gasteiger partial charge in [-0.3, -0.25) is 9.69 Å². The van der Waals surface area contributed by atoms with Crippen LogP contribution in [0.25, 0.3) is 0 Å². The van der Waals surface area contributed by atoms with E-state index in [1.54, 1.807) is 0 Å². The van der Waals surface area contributed by atoms with E-state index in [1.165, 1.54) is 4.90 Å². The van der Waals surface area contributed by atoms with Crippen molar-refractivity contribution < 1.29 is 19.1 Å². The summed E-state index contributed by atoms with van der Waals surface area (Å²) < 4.78 is 11.3. The van der Waals surface area contributed by atoms with Crippen molar-refractivity contribution in [3.63, 3.8) is 0 Å². The van der Waals surface area contributed by atoms with Crippen LogP contribution in [-0.4, -0.2) is 47.2 Å². The Balaban J connectivity index is 1.69. The average Bonchev–Trinajstić information content (AvgIpc) is 3.01. The standard InChI is InChI=1S/C18H24N2O4/c1-17(2,3)24-16(22)20-10-14-9-18(20,15(21)19-14)12-23-11-13-7-5-4-6-8-13/h4-8,14H,9-12H2,1-3H3,(H,19,21)/t14-,18+/m0/s1. The van der Waals surface area contributed by atoms with Crippen LogP contribution >= 0.6 is 0 Å². The molecule has 0 aliphatic carbocycles. The zero-order chi connectivity index (χ0) is 17.4. The summed E-state index contributed by atoms with van der Waals surface area (Å²) >= 11 is 0. The second-order valence-corrected chi connectivity index (χ2v) is 7.48. The lowest BCUT2D eigenvalue weighted by Gasteiger charge is -2.37. The Morgan fingerprint density at radius 1 is 1.33 bits per heavy atom. The van der Waals surface area contributed by atoms with Crippen LogP contribution in [0.5, 0.6) is 0 Å². The van der Waals surface area contributed by atoms with Crippen molar-refractivity contribution in [2.75, 3.05) is 13.2 Å². The molecule has 0 aromatic heterocycles. The quantitative estimate of drug-likeness (QED) is 0.917. The minimum atomic E-state index is -0.957. The van der Waals surface area contributed by atoms with Gasteiger partial charge in [-0.05, 0) is 26.3 Å². The number of hydrogen-bond acceptors (Lipinski definition) is 4. The summed E-state index contributed by atoms with van der Waals surface area (Å²) in [4.78, 5) is 26.5. The van der Waals surface area contributed by atoms with Crippen LogP contribution in [0.15, 0.2) is 30.3 Å². The molecular weight excluding hydrogens is 308 g/mol. The molecule has 0 spiro atoms. The molecule has 2 aliphatic heterocycles. The Morgan fingerprint density at radius 2 is 2.04 bits per heavy atom. The number of carbonyl (C=O) groups is 2. The summed E-state index contributed by atoms with van der Waals surface area (Å²) in [6.45, 7) is 6.50. The van der Waals surface area contributed by atoms with Crippen molar-refractivity contribution in [1.82, 2.24) is 10.2 Å². The number of likely N-dealkylation sites (tertiary alicyclic amines) is 1. The first-order chi connectivity index (χ1) is 11.3. The largest absolute Gasteiger partial charge is 0.444 e. The van der Waals surface area contributed by atoms with Gasteiger partial charge in [0.15, 0.2) is 0 Å². The Hall–Kier alpha value is -2.08. The highest BCUT2D eigenvalue weighted by Crippen LogP contribution is 2.37. The van der Waals surface area contributed by atoms with Crippen molar-refractivity contribution >= 4 is 12.0 Å². The van der Waals surface area contributed by atoms with E-state index < -0.39 is 17.2 Å². The van der Waals surface area contributed by atoms with Crippen molar-refractivity contribution in [2.24, 2.45) is 0 Å². The lowest BCUT2D eigenvalue weighted by Crippen LogP contribution is -2.61. The minimum Gasteiger partial charge on any atom is -0.444 e. The molecule has 1 N–H and O–H groups in total. The maximum absolute atomic E-state index is 12.5. The van der Waals surface area contributed by atoms with Gasteiger partial charge in [0, 0.05) is 19.0 Å². The van der Waals surface area contributed by atoms with E-state index in [-0.39, 0.29) is 18.6 Å². The van der Waals surface area contributed by atoms with Gasteiger partial charge in [-0.2, -0.15) is 0 Å². The predicted molar refractivity (Wildman–Crippen MR) is 88.3 cm³/mol. The molecular formula is C18H24N2O4. The smallest absolute Gasteiger partial charge is 0.411 e. The van der Waals surface area contributed by atoms with E-state index in [4.69, 9.17) is 9.47 Å². The van der Waals surface area contributed by atoms with Crippen LogP contribution in [0.4, 0.5) is 4.79 Å². The molecule has 1 aromatic carbocycles. The molecule has 0 radical (unpaired) electrons. The maximum atomic E-state index is 12.5. The van der Waals surface area contributed by atoms with E-state index in [0.29, 0.717) is 19.6 Å². The molecule has 130 valence electrons. The highest BCUT2D eigenvalue weighted by molar-refractivity contribution is 5.94. The van der Waals surface area contributed by atoms with E-state index in [9.17, 15) is 9.59 Å². The lowest BCUT2D eigenvalue weighted by molar-refractivity contribution is -0.135. The summed E-state index contributed by atoms with van der Waals surface area (Å²) in [7, 11) is 0. The number of nitrogens with zero attached hydrogens (tertiary/aromatic N) is 1. The zero-order valence-corrected chi connectivity index (χ0v) is 14.4. The molecule has 3 rings (SSSR count). The van der Waals surface area contributed by atoms with Gasteiger partial charge in [0.05, 0.1) is 13.2 Å². The minimum absolute atomic E-state index is 0.0228. The summed E-state index contributed by atoms with van der Waals surface area (Å²) in [5, 5.41) is 2.92. The third kappa shape index (κ3) is 3.24. The number of amides is 2. The van der Waals surface area contributed by atoms with Crippen LogP contribution < -0.4 is 5.32 Å². The van der Waals surface area contributed by atoms with Crippen LogP contribution in [0.3, 0.4) is 0 Å². The van der Waals surface area contributed by atoms with E-state index in [0.717, 1.165) is 5.56 Å². The second kappa shape index (κ2) is 6.09. The number of carbonyl (C=O) groups excluding carboxylic acids is 2. The van der Waals surface area contributed by atoms with Gasteiger partial charge in [-0.15, -0.1) is 0 Å². The Labute approximate surface area is 142 Å². The van der Waals surface area contributed by atoms with Gasteiger partial charge >= 0.3 is 6.09 Å². The summed E-state index contributed by atoms with van der Waals surface area (Å²) in [5.41, 5.74) is -0.519. The third-order valence-corrected chi connectivity index (χ3v) is 4.33. The molecule has 24 heavy (non-hydrogen) atoms. The number of benzene rings is 1. The van der Waals surface area contributed by atoms with E-state index >= 15 is 0 Å². The van der Waals surface area contributed by atoms with Gasteiger partial charge < -0.3 is 14.8 Å². The number of hydrogen-bond donors (Lipinski definition) is 1. The molecule has 2 aliphatic rings. The number of nitrogens with one attached hydrogen (secondary N) is 1. The van der Waals surface area contributed by atoms with Gasteiger partial charge in [-0.25, -0.2) is 4.79 Å². The number of rotatable bonds is 4. The number of fused-ring (bicyclic) bond motifs is 2. The van der Waals surface area contributed by atoms with Crippen molar-refractivity contribution in [1.29, 1.82) is 0 Å². The fraction of sp³-hybridized carbons (Fsp3) is 0.556. The number of piperazine rings is 1. The Kier molecular flexibility index (Phi) is 4.25. The molecule has 2 atom stereocenters. The lowest BCUT2D eigenvalue weighted by atomic mass is 9.99. The number of ether oxygens (including phenoxy) is 2. The first-order valence-corrected chi connectivity index (χ1v) is 8.23. The van der Waals surface area contributed by atoms with Gasteiger partial charge in [0.1, 0.15) is 11.1 Å². The fourth-order valence-corrected chi connectivity index (χ4v) is 3.29. The average molecular weight is 332 g/mol. The molecule has 2 heterocycles. The van der Waals surface area contributed by atoms with Crippen molar-refractivity contribution in [3.05, 3.63) is 35.9 Å². The predicted octanol–water partition coefficient (Wildman–Crippen LogP) is 2.08. The highest BCUT2D eigenvalue weighted by atomic mass is 16.6. The summed E-state index contributed by atoms with van der Waals surface area (Å²) in [6, 6.07) is 9.74. The maximum Gasteiger partial charge on any atom is 0.411 e. The van der Waals surface area contributed by atoms with E-state index in [2.05, 4.69) is 5.32 Å². The molecule has 2 bridgehead atoms. The first kappa shape index (κ1) is 16.8. The first-order valence-electron chi connectivity index (χ1n) is 8.23. The SMILES string of the molecule is CC(C)(C)OC(=O)N1C[C@@H]2C[C@@]1(COCc1ccccc1)C(=O)N2. The molecule has 0 unspecified atom stereocenters. The van der Waals surface area contributed by atoms with Crippen LogP contribution in [0.2, 0.25) is 0 Å². The second-order valence-electron chi connectivity index (χ2n) is 7.48. The van der Waals surface area contributed by atoms with Crippen molar-refractivity contribution in [2.45, 2.75) is 51.0 Å². The van der Waals surface area contributed by atoms with Gasteiger partial charge in [0.25, 0.3) is 0 Å². The van der Waals surface area contributed by atoms with Crippen molar-refractivity contribution in [3.8, 4) is 0 Å². The molecule has 6 nitrogen and oxygen atoms in total. The van der Waals surface area contributed by atoms with Crippen LogP contribution in [-0.2, 0) is 20.9 Å². The summed E-state index contributed by atoms with van der Waals surface area (Å²) in [5.74, 6) is -0.155. The van der Waals surface area contributed by atoms with E-state index in [1.807, 2.05) is 51.1 Å². The molecule has 1 aromatic rings. The summed E-state index contributed by atoms with van der Waals surface area (Å²) in [6.07, 6.45) is 0.114. The molecule has 2 fully saturated rings. The monoisotopic (exact) mass is 332 g/mol. The van der Waals surface area contributed by atoms with Gasteiger partial charge in [0.2, 0.25) is 5.91 Å². The topological polar surface area (TPSA) is 67.9 Å². The molecule has 2 saturated heterocycles.